The second-order valence-electron chi connectivity index (χ2n) is 4.72. The Bertz CT molecular complexity index is 586. The van der Waals surface area contributed by atoms with Crippen LogP contribution in [0.3, 0.4) is 0 Å². The summed E-state index contributed by atoms with van der Waals surface area (Å²) in [6, 6.07) is 16.5. The Kier molecular flexibility index (Phi) is 4.28. The van der Waals surface area contributed by atoms with Crippen molar-refractivity contribution in [1.82, 2.24) is 0 Å². The molecule has 0 aliphatic carbocycles. The van der Waals surface area contributed by atoms with Gasteiger partial charge in [-0.2, -0.15) is 0 Å². The minimum atomic E-state index is -0.287. The van der Waals surface area contributed by atoms with Crippen LogP contribution in [0, 0.1) is 0 Å². The Morgan fingerprint density at radius 1 is 1.00 bits per heavy atom. The number of Topliss-reactive ketones (excluding diaryl/α,β-unsaturated/α-hetero) is 1. The molecular formula is C17H16O4. The smallest absolute Gasteiger partial charge is 0.200 e. The number of ketones is 1. The summed E-state index contributed by atoms with van der Waals surface area (Å²) >= 11 is 0. The first kappa shape index (κ1) is 13.8. The highest BCUT2D eigenvalue weighted by Crippen LogP contribution is 2.25. The van der Waals surface area contributed by atoms with Crippen LogP contribution in [0.5, 0.6) is 5.75 Å². The van der Waals surface area contributed by atoms with E-state index in [1.54, 1.807) is 12.1 Å². The number of hydrogen-bond acceptors (Lipinski definition) is 4. The Morgan fingerprint density at radius 3 is 2.33 bits per heavy atom. The summed E-state index contributed by atoms with van der Waals surface area (Å²) in [7, 11) is 0. The molecule has 0 saturated carbocycles. The van der Waals surface area contributed by atoms with Crippen LogP contribution in [0.2, 0.25) is 0 Å². The lowest BCUT2D eigenvalue weighted by Crippen LogP contribution is -2.11. The molecule has 0 bridgehead atoms. The van der Waals surface area contributed by atoms with Gasteiger partial charge in [0.05, 0.1) is 13.2 Å². The van der Waals surface area contributed by atoms with Crippen molar-refractivity contribution in [3.8, 4) is 5.75 Å². The van der Waals surface area contributed by atoms with Crippen LogP contribution in [0.25, 0.3) is 0 Å². The van der Waals surface area contributed by atoms with Crippen molar-refractivity contribution in [3.63, 3.8) is 0 Å². The molecule has 4 nitrogen and oxygen atoms in total. The molecular weight excluding hydrogens is 268 g/mol. The zero-order valence-corrected chi connectivity index (χ0v) is 11.5. The van der Waals surface area contributed by atoms with Gasteiger partial charge in [0.25, 0.3) is 0 Å². The molecule has 1 aliphatic heterocycles. The third-order valence-corrected chi connectivity index (χ3v) is 3.24. The van der Waals surface area contributed by atoms with Gasteiger partial charge in [0, 0.05) is 11.1 Å². The van der Waals surface area contributed by atoms with Crippen molar-refractivity contribution in [2.24, 2.45) is 0 Å². The molecule has 21 heavy (non-hydrogen) atoms. The zero-order valence-electron chi connectivity index (χ0n) is 11.5. The summed E-state index contributed by atoms with van der Waals surface area (Å²) in [5.41, 5.74) is 1.61. The molecule has 0 amide bonds. The van der Waals surface area contributed by atoms with Gasteiger partial charge in [0.2, 0.25) is 0 Å². The van der Waals surface area contributed by atoms with Gasteiger partial charge in [-0.15, -0.1) is 0 Å². The molecule has 0 unspecified atom stereocenters. The van der Waals surface area contributed by atoms with E-state index in [4.69, 9.17) is 14.2 Å². The summed E-state index contributed by atoms with van der Waals surface area (Å²) in [6.07, 6.45) is -0.287. The average Bonchev–Trinajstić information content (AvgIpc) is 3.08. The second kappa shape index (κ2) is 6.52. The van der Waals surface area contributed by atoms with E-state index in [-0.39, 0.29) is 18.7 Å². The minimum Gasteiger partial charge on any atom is -0.485 e. The Labute approximate surface area is 123 Å². The van der Waals surface area contributed by atoms with Crippen LogP contribution in [0.15, 0.2) is 54.6 Å². The fourth-order valence-corrected chi connectivity index (χ4v) is 2.13. The number of rotatable bonds is 5. The lowest BCUT2D eigenvalue weighted by atomic mass is 10.1. The molecule has 0 spiro atoms. The highest BCUT2D eigenvalue weighted by molar-refractivity contribution is 5.97. The molecule has 0 radical (unpaired) electrons. The molecule has 4 heteroatoms. The molecule has 1 saturated heterocycles. The zero-order chi connectivity index (χ0) is 14.5. The third kappa shape index (κ3) is 3.48. The van der Waals surface area contributed by atoms with Gasteiger partial charge < -0.3 is 14.2 Å². The lowest BCUT2D eigenvalue weighted by Gasteiger charge is -2.10. The molecule has 3 rings (SSSR count). The van der Waals surface area contributed by atoms with E-state index in [9.17, 15) is 4.79 Å². The van der Waals surface area contributed by atoms with Crippen molar-refractivity contribution < 1.29 is 19.0 Å². The fraction of sp³-hybridized carbons (Fsp3) is 0.235. The van der Waals surface area contributed by atoms with E-state index < -0.39 is 0 Å². The van der Waals surface area contributed by atoms with Crippen molar-refractivity contribution in [2.75, 3.05) is 19.8 Å². The van der Waals surface area contributed by atoms with Gasteiger partial charge in [-0.05, 0) is 12.1 Å². The van der Waals surface area contributed by atoms with Crippen LogP contribution >= 0.6 is 0 Å². The van der Waals surface area contributed by atoms with Crippen LogP contribution in [-0.4, -0.2) is 25.6 Å². The highest BCUT2D eigenvalue weighted by atomic mass is 16.7. The molecule has 0 N–H and O–H groups in total. The fourth-order valence-electron chi connectivity index (χ4n) is 2.13. The van der Waals surface area contributed by atoms with E-state index in [1.807, 2.05) is 42.5 Å². The molecule has 0 aromatic heterocycles. The standard InChI is InChI=1S/C17H16O4/c18-16(13-4-2-1-3-5-13)12-21-15-8-6-14(7-9-15)17-19-10-11-20-17/h1-9,17H,10-12H2. The summed E-state index contributed by atoms with van der Waals surface area (Å²) in [4.78, 5) is 11.9. The molecule has 2 aromatic rings. The van der Waals surface area contributed by atoms with Gasteiger partial charge in [-0.1, -0.05) is 42.5 Å². The van der Waals surface area contributed by atoms with Gasteiger partial charge in [0.1, 0.15) is 5.75 Å². The topological polar surface area (TPSA) is 44.8 Å². The van der Waals surface area contributed by atoms with E-state index in [0.29, 0.717) is 24.5 Å². The highest BCUT2D eigenvalue weighted by Gasteiger charge is 2.17. The molecule has 1 aliphatic rings. The number of benzene rings is 2. The molecule has 0 atom stereocenters. The summed E-state index contributed by atoms with van der Waals surface area (Å²) in [6.45, 7) is 1.27. The summed E-state index contributed by atoms with van der Waals surface area (Å²) < 4.78 is 16.3. The monoisotopic (exact) mass is 284 g/mol. The van der Waals surface area contributed by atoms with Gasteiger partial charge >= 0.3 is 0 Å². The van der Waals surface area contributed by atoms with Crippen molar-refractivity contribution in [1.29, 1.82) is 0 Å². The maximum atomic E-state index is 11.9. The molecule has 1 heterocycles. The van der Waals surface area contributed by atoms with Crippen LogP contribution in [0.4, 0.5) is 0 Å². The minimum absolute atomic E-state index is 0.0276. The SMILES string of the molecule is O=C(COc1ccc(C2OCCO2)cc1)c1ccccc1. The van der Waals surface area contributed by atoms with E-state index in [1.165, 1.54) is 0 Å². The second-order valence-corrected chi connectivity index (χ2v) is 4.72. The van der Waals surface area contributed by atoms with E-state index >= 15 is 0 Å². The first-order chi connectivity index (χ1) is 10.3. The van der Waals surface area contributed by atoms with Crippen molar-refractivity contribution >= 4 is 5.78 Å². The van der Waals surface area contributed by atoms with Crippen molar-refractivity contribution in [3.05, 3.63) is 65.7 Å². The Balaban J connectivity index is 1.57. The summed E-state index contributed by atoms with van der Waals surface area (Å²) in [5, 5.41) is 0. The quantitative estimate of drug-likeness (QED) is 0.792. The van der Waals surface area contributed by atoms with Gasteiger partial charge in [-0.25, -0.2) is 0 Å². The number of hydrogen-bond donors (Lipinski definition) is 0. The van der Waals surface area contributed by atoms with Crippen molar-refractivity contribution in [2.45, 2.75) is 6.29 Å². The number of carbonyl (C=O) groups is 1. The molecule has 2 aromatic carbocycles. The van der Waals surface area contributed by atoms with Gasteiger partial charge in [-0.3, -0.25) is 4.79 Å². The van der Waals surface area contributed by atoms with Crippen LogP contribution < -0.4 is 4.74 Å². The predicted molar refractivity (Wildman–Crippen MR) is 77.4 cm³/mol. The average molecular weight is 284 g/mol. The lowest BCUT2D eigenvalue weighted by molar-refractivity contribution is -0.0441. The third-order valence-electron chi connectivity index (χ3n) is 3.24. The maximum Gasteiger partial charge on any atom is 0.200 e. The normalized spacial score (nSPS) is 15.0. The van der Waals surface area contributed by atoms with E-state index in [0.717, 1.165) is 5.56 Å². The maximum absolute atomic E-state index is 11.9. The largest absolute Gasteiger partial charge is 0.485 e. The Morgan fingerprint density at radius 2 is 1.67 bits per heavy atom. The number of ether oxygens (including phenoxy) is 3. The van der Waals surface area contributed by atoms with Crippen LogP contribution in [0.1, 0.15) is 22.2 Å². The Hall–Kier alpha value is -2.17. The van der Waals surface area contributed by atoms with E-state index in [2.05, 4.69) is 0 Å². The number of carbonyl (C=O) groups excluding carboxylic acids is 1. The van der Waals surface area contributed by atoms with Crippen LogP contribution in [-0.2, 0) is 9.47 Å². The first-order valence-corrected chi connectivity index (χ1v) is 6.87. The first-order valence-electron chi connectivity index (χ1n) is 6.87. The van der Waals surface area contributed by atoms with Gasteiger partial charge in [0.15, 0.2) is 18.7 Å². The molecule has 108 valence electrons. The predicted octanol–water partition coefficient (Wildman–Crippen LogP) is 2.99. The summed E-state index contributed by atoms with van der Waals surface area (Å²) in [5.74, 6) is 0.614. The molecule has 1 fully saturated rings.